The van der Waals surface area contributed by atoms with Crippen LogP contribution in [-0.4, -0.2) is 9.55 Å². The number of rotatable bonds is 2. The second kappa shape index (κ2) is 5.12. The normalized spacial score (nSPS) is 10.7. The Bertz CT molecular complexity index is 874. The van der Waals surface area contributed by atoms with Crippen LogP contribution < -0.4 is 5.73 Å². The van der Waals surface area contributed by atoms with Gasteiger partial charge in [-0.1, -0.05) is 18.5 Å². The first-order valence-electron chi connectivity index (χ1n) is 6.61. The lowest BCUT2D eigenvalue weighted by molar-refractivity contribution is 0.906. The summed E-state index contributed by atoms with van der Waals surface area (Å²) in [6.07, 6.45) is 0.742. The van der Waals surface area contributed by atoms with Crippen LogP contribution in [0.2, 0.25) is 5.02 Å². The monoisotopic (exact) mass is 296 g/mol. The molecule has 2 N–H and O–H groups in total. The number of nitrogens with two attached hydrogens (primary N) is 1. The van der Waals surface area contributed by atoms with Crippen molar-refractivity contribution in [3.05, 3.63) is 52.8 Å². The van der Waals surface area contributed by atoms with Crippen molar-refractivity contribution < 1.29 is 0 Å². The van der Waals surface area contributed by atoms with Crippen molar-refractivity contribution in [3.63, 3.8) is 0 Å². The molecular formula is C16H13ClN4. The second-order valence-corrected chi connectivity index (χ2v) is 5.17. The summed E-state index contributed by atoms with van der Waals surface area (Å²) < 4.78 is 1.97. The summed E-state index contributed by atoms with van der Waals surface area (Å²) in [6.45, 7) is 2.03. The maximum absolute atomic E-state index is 9.34. The summed E-state index contributed by atoms with van der Waals surface area (Å²) in [5, 5.41) is 9.93. The molecule has 0 spiro atoms. The maximum atomic E-state index is 9.34. The molecule has 0 aliphatic carbocycles. The molecule has 4 nitrogen and oxygen atoms in total. The average molecular weight is 297 g/mol. The lowest BCUT2D eigenvalue weighted by Gasteiger charge is -2.10. The van der Waals surface area contributed by atoms with Gasteiger partial charge in [0.05, 0.1) is 22.3 Å². The topological polar surface area (TPSA) is 67.6 Å². The smallest absolute Gasteiger partial charge is 0.114 e. The van der Waals surface area contributed by atoms with Gasteiger partial charge in [-0.25, -0.2) is 4.98 Å². The van der Waals surface area contributed by atoms with Crippen molar-refractivity contribution >= 4 is 28.3 Å². The summed E-state index contributed by atoms with van der Waals surface area (Å²) >= 11 is 6.10. The number of imidazole rings is 1. The van der Waals surface area contributed by atoms with Crippen molar-refractivity contribution in [3.8, 4) is 11.8 Å². The van der Waals surface area contributed by atoms with Crippen molar-refractivity contribution in [2.24, 2.45) is 0 Å². The average Bonchev–Trinajstić information content (AvgIpc) is 2.84. The molecule has 0 fully saturated rings. The van der Waals surface area contributed by atoms with E-state index in [1.54, 1.807) is 18.2 Å². The largest absolute Gasteiger partial charge is 0.399 e. The van der Waals surface area contributed by atoms with Crippen LogP contribution in [0.4, 0.5) is 5.69 Å². The zero-order valence-electron chi connectivity index (χ0n) is 11.5. The number of fused-ring (bicyclic) bond motifs is 1. The van der Waals surface area contributed by atoms with Crippen LogP contribution in [0.25, 0.3) is 16.7 Å². The third-order valence-electron chi connectivity index (χ3n) is 3.39. The number of nitrogens with zero attached hydrogens (tertiary/aromatic N) is 3. The fourth-order valence-electron chi connectivity index (χ4n) is 2.44. The molecule has 0 radical (unpaired) electrons. The van der Waals surface area contributed by atoms with Crippen LogP contribution in [0, 0.1) is 11.3 Å². The van der Waals surface area contributed by atoms with Crippen LogP contribution in [0.3, 0.4) is 0 Å². The van der Waals surface area contributed by atoms with Gasteiger partial charge in [-0.15, -0.1) is 0 Å². The Kier molecular flexibility index (Phi) is 3.28. The number of halogens is 1. The molecule has 0 unspecified atom stereocenters. The fourth-order valence-corrected chi connectivity index (χ4v) is 2.60. The second-order valence-electron chi connectivity index (χ2n) is 4.74. The highest BCUT2D eigenvalue weighted by Gasteiger charge is 2.14. The molecule has 21 heavy (non-hydrogen) atoms. The van der Waals surface area contributed by atoms with E-state index in [-0.39, 0.29) is 0 Å². The van der Waals surface area contributed by atoms with Crippen molar-refractivity contribution in [2.75, 3.05) is 5.73 Å². The number of aromatic nitrogens is 2. The van der Waals surface area contributed by atoms with Gasteiger partial charge < -0.3 is 5.73 Å². The number of benzene rings is 2. The van der Waals surface area contributed by atoms with E-state index in [1.165, 1.54) is 0 Å². The Labute approximate surface area is 127 Å². The van der Waals surface area contributed by atoms with Gasteiger partial charge in [0, 0.05) is 17.1 Å². The van der Waals surface area contributed by atoms with E-state index < -0.39 is 0 Å². The summed E-state index contributed by atoms with van der Waals surface area (Å²) in [6, 6.07) is 13.0. The van der Waals surface area contributed by atoms with Crippen LogP contribution in [0.1, 0.15) is 18.3 Å². The minimum Gasteiger partial charge on any atom is -0.399 e. The Hall–Kier alpha value is -2.51. The van der Waals surface area contributed by atoms with E-state index in [0.29, 0.717) is 16.3 Å². The molecule has 0 bridgehead atoms. The third kappa shape index (κ3) is 2.22. The Morgan fingerprint density at radius 3 is 2.81 bits per heavy atom. The Balaban J connectivity index is 2.39. The van der Waals surface area contributed by atoms with E-state index in [1.807, 2.05) is 29.7 Å². The molecule has 0 aliphatic heterocycles. The highest BCUT2D eigenvalue weighted by molar-refractivity contribution is 6.30. The zero-order chi connectivity index (χ0) is 15.0. The first kappa shape index (κ1) is 13.5. The summed E-state index contributed by atoms with van der Waals surface area (Å²) in [5.41, 5.74) is 9.53. The number of hydrogen-bond acceptors (Lipinski definition) is 3. The molecule has 5 heteroatoms. The van der Waals surface area contributed by atoms with E-state index in [4.69, 9.17) is 17.3 Å². The lowest BCUT2D eigenvalue weighted by atomic mass is 10.2. The standard InChI is InChI=1S/C16H13ClN4/c1-2-16-20-13-8-12(19)5-6-14(13)21(16)15-7-11(17)4-3-10(15)9-18/h3-8H,2,19H2,1H3. The molecule has 1 heterocycles. The molecule has 3 aromatic rings. The molecule has 0 amide bonds. The van der Waals surface area contributed by atoms with E-state index in [2.05, 4.69) is 11.1 Å². The first-order valence-corrected chi connectivity index (χ1v) is 6.98. The van der Waals surface area contributed by atoms with Gasteiger partial charge in [-0.05, 0) is 36.4 Å². The van der Waals surface area contributed by atoms with Crippen LogP contribution >= 0.6 is 11.6 Å². The first-order chi connectivity index (χ1) is 10.1. The van der Waals surface area contributed by atoms with Gasteiger partial charge in [-0.2, -0.15) is 5.26 Å². The van der Waals surface area contributed by atoms with E-state index in [0.717, 1.165) is 29.0 Å². The van der Waals surface area contributed by atoms with Crippen LogP contribution in [-0.2, 0) is 6.42 Å². The Morgan fingerprint density at radius 2 is 2.10 bits per heavy atom. The van der Waals surface area contributed by atoms with Gasteiger partial charge in [0.25, 0.3) is 0 Å². The summed E-state index contributed by atoms with van der Waals surface area (Å²) in [7, 11) is 0. The summed E-state index contributed by atoms with van der Waals surface area (Å²) in [4.78, 5) is 4.60. The zero-order valence-corrected chi connectivity index (χ0v) is 12.2. The number of anilines is 1. The molecule has 0 aliphatic rings. The van der Waals surface area contributed by atoms with Crippen LogP contribution in [0.15, 0.2) is 36.4 Å². The molecule has 0 saturated heterocycles. The predicted octanol–water partition coefficient (Wildman–Crippen LogP) is 3.70. The van der Waals surface area contributed by atoms with Gasteiger partial charge in [-0.3, -0.25) is 4.57 Å². The van der Waals surface area contributed by atoms with Gasteiger partial charge in [0.15, 0.2) is 0 Å². The van der Waals surface area contributed by atoms with Crippen molar-refractivity contribution in [2.45, 2.75) is 13.3 Å². The number of nitriles is 1. The quantitative estimate of drug-likeness (QED) is 0.733. The molecule has 0 atom stereocenters. The molecule has 1 aromatic heterocycles. The maximum Gasteiger partial charge on any atom is 0.114 e. The Morgan fingerprint density at radius 1 is 1.29 bits per heavy atom. The van der Waals surface area contributed by atoms with E-state index >= 15 is 0 Å². The summed E-state index contributed by atoms with van der Waals surface area (Å²) in [5.74, 6) is 0.870. The number of hydrogen-bond donors (Lipinski definition) is 1. The van der Waals surface area contributed by atoms with Crippen LogP contribution in [0.5, 0.6) is 0 Å². The molecule has 2 aromatic carbocycles. The van der Waals surface area contributed by atoms with Gasteiger partial charge in [0.2, 0.25) is 0 Å². The minimum atomic E-state index is 0.560. The number of nitrogen functional groups attached to an aromatic ring is 1. The molecule has 0 saturated carbocycles. The number of aryl methyl sites for hydroxylation is 1. The fraction of sp³-hybridized carbons (Fsp3) is 0.125. The lowest BCUT2D eigenvalue weighted by Crippen LogP contribution is -2.02. The van der Waals surface area contributed by atoms with Crippen molar-refractivity contribution in [1.82, 2.24) is 9.55 Å². The SMILES string of the molecule is CCc1nc2cc(N)ccc2n1-c1cc(Cl)ccc1C#N. The molecular weight excluding hydrogens is 284 g/mol. The highest BCUT2D eigenvalue weighted by Crippen LogP contribution is 2.27. The van der Waals surface area contributed by atoms with Gasteiger partial charge in [0.1, 0.15) is 11.9 Å². The van der Waals surface area contributed by atoms with Crippen molar-refractivity contribution in [1.29, 1.82) is 5.26 Å². The van der Waals surface area contributed by atoms with E-state index in [9.17, 15) is 5.26 Å². The highest BCUT2D eigenvalue weighted by atomic mass is 35.5. The van der Waals surface area contributed by atoms with Gasteiger partial charge >= 0.3 is 0 Å². The molecule has 104 valence electrons. The minimum absolute atomic E-state index is 0.560. The third-order valence-corrected chi connectivity index (χ3v) is 3.62. The predicted molar refractivity (Wildman–Crippen MR) is 84.6 cm³/mol. The molecule has 3 rings (SSSR count).